The number of carbonyl (C=O) groups is 2. The van der Waals surface area contributed by atoms with E-state index in [1.165, 1.54) is 24.3 Å². The molecule has 6 heteroatoms. The summed E-state index contributed by atoms with van der Waals surface area (Å²) in [6.07, 6.45) is 0.177. The summed E-state index contributed by atoms with van der Waals surface area (Å²) in [6, 6.07) is 4.98. The maximum atomic E-state index is 12.9. The van der Waals surface area contributed by atoms with Crippen molar-refractivity contribution in [2.75, 3.05) is 31.2 Å². The molecule has 5 nitrogen and oxygen atoms in total. The molecule has 2 aliphatic heterocycles. The van der Waals surface area contributed by atoms with E-state index in [1.807, 2.05) is 4.90 Å². The largest absolute Gasteiger partial charge is 0.379 e. The highest BCUT2D eigenvalue weighted by Crippen LogP contribution is 2.26. The predicted molar refractivity (Wildman–Crippen MR) is 69.7 cm³/mol. The van der Waals surface area contributed by atoms with Crippen LogP contribution in [0.3, 0.4) is 0 Å². The molecule has 106 valence electrons. The number of benzene rings is 1. The van der Waals surface area contributed by atoms with Gasteiger partial charge in [-0.3, -0.25) is 14.5 Å². The standard InChI is InChI=1S/C14H15FN2O3/c15-10-1-3-11(4-2-10)17-13(18)9-12(14(17)19)16-5-7-20-8-6-16/h1-4,12H,5-9H2. The van der Waals surface area contributed by atoms with E-state index in [2.05, 4.69) is 0 Å². The van der Waals surface area contributed by atoms with Crippen LogP contribution < -0.4 is 4.90 Å². The number of carbonyl (C=O) groups excluding carboxylic acids is 2. The van der Waals surface area contributed by atoms with Crippen LogP contribution in [0.4, 0.5) is 10.1 Å². The average molecular weight is 278 g/mol. The van der Waals surface area contributed by atoms with Crippen molar-refractivity contribution in [3.8, 4) is 0 Å². The van der Waals surface area contributed by atoms with Gasteiger partial charge >= 0.3 is 0 Å². The maximum absolute atomic E-state index is 12.9. The molecule has 3 rings (SSSR count). The number of nitrogens with zero attached hydrogens (tertiary/aromatic N) is 2. The molecule has 0 aromatic heterocycles. The van der Waals surface area contributed by atoms with Crippen LogP contribution in [0.2, 0.25) is 0 Å². The summed E-state index contributed by atoms with van der Waals surface area (Å²) >= 11 is 0. The van der Waals surface area contributed by atoms with E-state index in [-0.39, 0.29) is 18.2 Å². The highest BCUT2D eigenvalue weighted by atomic mass is 19.1. The lowest BCUT2D eigenvalue weighted by molar-refractivity contribution is -0.123. The molecule has 1 unspecified atom stereocenters. The van der Waals surface area contributed by atoms with Gasteiger partial charge in [0.2, 0.25) is 5.91 Å². The predicted octanol–water partition coefficient (Wildman–Crippen LogP) is 0.790. The van der Waals surface area contributed by atoms with Gasteiger partial charge in [0.1, 0.15) is 5.82 Å². The highest BCUT2D eigenvalue weighted by Gasteiger charge is 2.42. The smallest absolute Gasteiger partial charge is 0.251 e. The minimum absolute atomic E-state index is 0.177. The van der Waals surface area contributed by atoms with Crippen molar-refractivity contribution in [3.05, 3.63) is 30.1 Å². The number of morpholine rings is 1. The molecule has 0 aliphatic carbocycles. The van der Waals surface area contributed by atoms with E-state index in [0.29, 0.717) is 32.0 Å². The first-order valence-corrected chi connectivity index (χ1v) is 6.61. The quantitative estimate of drug-likeness (QED) is 0.751. The number of hydrogen-bond acceptors (Lipinski definition) is 4. The van der Waals surface area contributed by atoms with Crippen molar-refractivity contribution in [2.24, 2.45) is 0 Å². The summed E-state index contributed by atoms with van der Waals surface area (Å²) in [6.45, 7) is 2.46. The van der Waals surface area contributed by atoms with Crippen LogP contribution in [0.1, 0.15) is 6.42 Å². The van der Waals surface area contributed by atoms with Crippen molar-refractivity contribution in [2.45, 2.75) is 12.5 Å². The van der Waals surface area contributed by atoms with Crippen LogP contribution in [0, 0.1) is 5.82 Å². The Morgan fingerprint density at radius 2 is 1.75 bits per heavy atom. The Hall–Kier alpha value is -1.79. The fraction of sp³-hybridized carbons (Fsp3) is 0.429. The first kappa shape index (κ1) is 13.2. The lowest BCUT2D eigenvalue weighted by Crippen LogP contribution is -2.47. The molecule has 1 aromatic carbocycles. The van der Waals surface area contributed by atoms with Crippen LogP contribution in [-0.2, 0) is 14.3 Å². The Balaban J connectivity index is 1.81. The van der Waals surface area contributed by atoms with Gasteiger partial charge in [-0.1, -0.05) is 0 Å². The number of hydrogen-bond donors (Lipinski definition) is 0. The first-order chi connectivity index (χ1) is 9.66. The highest BCUT2D eigenvalue weighted by molar-refractivity contribution is 6.22. The van der Waals surface area contributed by atoms with E-state index in [4.69, 9.17) is 4.74 Å². The maximum Gasteiger partial charge on any atom is 0.251 e. The van der Waals surface area contributed by atoms with Crippen LogP contribution in [-0.4, -0.2) is 49.1 Å². The van der Waals surface area contributed by atoms with Gasteiger partial charge in [0, 0.05) is 13.1 Å². The van der Waals surface area contributed by atoms with Crippen molar-refractivity contribution >= 4 is 17.5 Å². The lowest BCUT2D eigenvalue weighted by atomic mass is 10.2. The molecular weight excluding hydrogens is 263 g/mol. The van der Waals surface area contributed by atoms with Gasteiger partial charge in [0.05, 0.1) is 31.4 Å². The van der Waals surface area contributed by atoms with E-state index in [0.717, 1.165) is 4.90 Å². The average Bonchev–Trinajstić information content (AvgIpc) is 2.76. The van der Waals surface area contributed by atoms with Gasteiger partial charge in [-0.25, -0.2) is 9.29 Å². The fourth-order valence-corrected chi connectivity index (χ4v) is 2.65. The summed E-state index contributed by atoms with van der Waals surface area (Å²) in [4.78, 5) is 27.6. The summed E-state index contributed by atoms with van der Waals surface area (Å²) in [5, 5.41) is 0. The van der Waals surface area contributed by atoms with Gasteiger partial charge in [-0.2, -0.15) is 0 Å². The van der Waals surface area contributed by atoms with Gasteiger partial charge in [-0.15, -0.1) is 0 Å². The Morgan fingerprint density at radius 1 is 1.10 bits per heavy atom. The van der Waals surface area contributed by atoms with Crippen LogP contribution in [0.25, 0.3) is 0 Å². The fourth-order valence-electron chi connectivity index (χ4n) is 2.65. The molecule has 2 heterocycles. The molecule has 2 amide bonds. The van der Waals surface area contributed by atoms with E-state index in [9.17, 15) is 14.0 Å². The third kappa shape index (κ3) is 2.32. The zero-order chi connectivity index (χ0) is 14.1. The number of halogens is 1. The molecule has 0 radical (unpaired) electrons. The second kappa shape index (κ2) is 5.30. The molecule has 2 fully saturated rings. The Labute approximate surface area is 115 Å². The number of rotatable bonds is 2. The summed E-state index contributed by atoms with van der Waals surface area (Å²) < 4.78 is 18.2. The van der Waals surface area contributed by atoms with Crippen molar-refractivity contribution in [1.82, 2.24) is 4.90 Å². The zero-order valence-corrected chi connectivity index (χ0v) is 10.9. The van der Waals surface area contributed by atoms with Gasteiger partial charge in [-0.05, 0) is 24.3 Å². The number of anilines is 1. The van der Waals surface area contributed by atoms with Crippen LogP contribution in [0.5, 0.6) is 0 Å². The SMILES string of the molecule is O=C1CC(N2CCOCC2)C(=O)N1c1ccc(F)cc1. The van der Waals surface area contributed by atoms with Crippen molar-refractivity contribution in [3.63, 3.8) is 0 Å². The second-order valence-electron chi connectivity index (χ2n) is 4.91. The van der Waals surface area contributed by atoms with Crippen LogP contribution in [0.15, 0.2) is 24.3 Å². The van der Waals surface area contributed by atoms with Gasteiger partial charge in [0.25, 0.3) is 5.91 Å². The number of imide groups is 1. The zero-order valence-electron chi connectivity index (χ0n) is 10.9. The van der Waals surface area contributed by atoms with Crippen LogP contribution >= 0.6 is 0 Å². The second-order valence-corrected chi connectivity index (χ2v) is 4.91. The molecule has 0 saturated carbocycles. The lowest BCUT2D eigenvalue weighted by Gasteiger charge is -2.30. The van der Waals surface area contributed by atoms with Gasteiger partial charge < -0.3 is 4.74 Å². The number of ether oxygens (including phenoxy) is 1. The molecule has 1 atom stereocenters. The molecule has 2 saturated heterocycles. The molecule has 1 aromatic rings. The van der Waals surface area contributed by atoms with E-state index >= 15 is 0 Å². The van der Waals surface area contributed by atoms with E-state index in [1.54, 1.807) is 0 Å². The summed E-state index contributed by atoms with van der Waals surface area (Å²) in [5.74, 6) is -0.862. The third-order valence-corrected chi connectivity index (χ3v) is 3.69. The van der Waals surface area contributed by atoms with Gasteiger partial charge in [0.15, 0.2) is 0 Å². The topological polar surface area (TPSA) is 49.9 Å². The number of amides is 2. The first-order valence-electron chi connectivity index (χ1n) is 6.61. The summed E-state index contributed by atoms with van der Waals surface area (Å²) in [7, 11) is 0. The molecule has 2 aliphatic rings. The third-order valence-electron chi connectivity index (χ3n) is 3.69. The Kier molecular flexibility index (Phi) is 3.50. The Morgan fingerprint density at radius 3 is 2.40 bits per heavy atom. The minimum atomic E-state index is -0.420. The Bertz CT molecular complexity index is 526. The van der Waals surface area contributed by atoms with Crippen molar-refractivity contribution < 1.29 is 18.7 Å². The summed E-state index contributed by atoms with van der Waals surface area (Å²) in [5.41, 5.74) is 0.428. The normalized spacial score (nSPS) is 24.4. The monoisotopic (exact) mass is 278 g/mol. The minimum Gasteiger partial charge on any atom is -0.379 e. The molecular formula is C14H15FN2O3. The molecule has 0 spiro atoms. The molecule has 0 bridgehead atoms. The van der Waals surface area contributed by atoms with Crippen molar-refractivity contribution in [1.29, 1.82) is 0 Å². The molecule has 20 heavy (non-hydrogen) atoms. The molecule has 0 N–H and O–H groups in total. The van der Waals surface area contributed by atoms with E-state index < -0.39 is 11.9 Å².